The predicted molar refractivity (Wildman–Crippen MR) is 78.7 cm³/mol. The molecular weight excluding hydrogens is 260 g/mol. The second-order valence-corrected chi connectivity index (χ2v) is 5.28. The number of non-ortho nitro benzene ring substituents is 1. The third kappa shape index (κ3) is 3.54. The SMILES string of the molecule is CCCC(Nc1ccc([N+](=O)[O-])cc1)c1cccs1. The zero-order chi connectivity index (χ0) is 13.7. The minimum Gasteiger partial charge on any atom is -0.377 e. The molecule has 1 aromatic heterocycles. The van der Waals surface area contributed by atoms with Crippen LogP contribution in [-0.2, 0) is 0 Å². The topological polar surface area (TPSA) is 55.2 Å². The number of nitrogens with one attached hydrogen (secondary N) is 1. The molecular formula is C14H16N2O2S. The Morgan fingerprint density at radius 1 is 1.32 bits per heavy atom. The number of thiophene rings is 1. The van der Waals surface area contributed by atoms with E-state index < -0.39 is 0 Å². The molecule has 0 saturated heterocycles. The third-order valence-corrected chi connectivity index (χ3v) is 3.87. The van der Waals surface area contributed by atoms with E-state index in [2.05, 4.69) is 23.7 Å². The fraction of sp³-hybridized carbons (Fsp3) is 0.286. The monoisotopic (exact) mass is 276 g/mol. The highest BCUT2D eigenvalue weighted by molar-refractivity contribution is 7.10. The molecule has 0 saturated carbocycles. The second kappa shape index (κ2) is 6.33. The Bertz CT molecular complexity index is 523. The van der Waals surface area contributed by atoms with Crippen molar-refractivity contribution in [2.75, 3.05) is 5.32 Å². The number of rotatable bonds is 6. The molecule has 1 atom stereocenters. The van der Waals surface area contributed by atoms with Crippen LogP contribution in [0.3, 0.4) is 0 Å². The highest BCUT2D eigenvalue weighted by atomic mass is 32.1. The summed E-state index contributed by atoms with van der Waals surface area (Å²) >= 11 is 1.73. The van der Waals surface area contributed by atoms with Gasteiger partial charge in [0.2, 0.25) is 0 Å². The number of hydrogen-bond donors (Lipinski definition) is 1. The molecule has 0 aliphatic carbocycles. The minimum absolute atomic E-state index is 0.119. The maximum absolute atomic E-state index is 10.6. The van der Waals surface area contributed by atoms with Gasteiger partial charge >= 0.3 is 0 Å². The molecule has 1 N–H and O–H groups in total. The first-order valence-electron chi connectivity index (χ1n) is 6.25. The van der Waals surface area contributed by atoms with Crippen molar-refractivity contribution in [1.82, 2.24) is 0 Å². The smallest absolute Gasteiger partial charge is 0.269 e. The van der Waals surface area contributed by atoms with Crippen LogP contribution in [0.15, 0.2) is 41.8 Å². The Balaban J connectivity index is 2.11. The van der Waals surface area contributed by atoms with Crippen LogP contribution in [0.2, 0.25) is 0 Å². The van der Waals surface area contributed by atoms with Gasteiger partial charge in [0.05, 0.1) is 11.0 Å². The summed E-state index contributed by atoms with van der Waals surface area (Å²) < 4.78 is 0. The van der Waals surface area contributed by atoms with Gasteiger partial charge in [-0.05, 0) is 30.0 Å². The van der Waals surface area contributed by atoms with Crippen LogP contribution in [-0.4, -0.2) is 4.92 Å². The van der Waals surface area contributed by atoms with Crippen molar-refractivity contribution in [3.05, 3.63) is 56.8 Å². The Hall–Kier alpha value is -1.88. The largest absolute Gasteiger partial charge is 0.377 e. The van der Waals surface area contributed by atoms with E-state index in [0.29, 0.717) is 0 Å². The Labute approximate surface area is 116 Å². The highest BCUT2D eigenvalue weighted by Gasteiger charge is 2.12. The maximum atomic E-state index is 10.6. The van der Waals surface area contributed by atoms with Crippen molar-refractivity contribution < 1.29 is 4.92 Å². The number of nitrogens with zero attached hydrogens (tertiary/aromatic N) is 1. The number of nitro groups is 1. The van der Waals surface area contributed by atoms with Gasteiger partial charge < -0.3 is 5.32 Å². The van der Waals surface area contributed by atoms with E-state index in [1.165, 1.54) is 17.0 Å². The number of hydrogen-bond acceptors (Lipinski definition) is 4. The van der Waals surface area contributed by atoms with Crippen LogP contribution < -0.4 is 5.32 Å². The lowest BCUT2D eigenvalue weighted by Crippen LogP contribution is -2.08. The number of anilines is 1. The van der Waals surface area contributed by atoms with E-state index >= 15 is 0 Å². The minimum atomic E-state index is -0.382. The Kier molecular flexibility index (Phi) is 4.52. The molecule has 0 aliphatic rings. The molecule has 0 bridgehead atoms. The molecule has 1 aromatic carbocycles. The summed E-state index contributed by atoms with van der Waals surface area (Å²) in [5.74, 6) is 0. The molecule has 1 unspecified atom stereocenters. The van der Waals surface area contributed by atoms with Gasteiger partial charge in [0.1, 0.15) is 0 Å². The van der Waals surface area contributed by atoms with Crippen LogP contribution in [0.1, 0.15) is 30.7 Å². The van der Waals surface area contributed by atoms with Gasteiger partial charge in [-0.25, -0.2) is 0 Å². The van der Waals surface area contributed by atoms with E-state index in [4.69, 9.17) is 0 Å². The molecule has 5 heteroatoms. The summed E-state index contributed by atoms with van der Waals surface area (Å²) in [4.78, 5) is 11.5. The van der Waals surface area contributed by atoms with E-state index in [1.807, 2.05) is 6.07 Å². The predicted octanol–water partition coefficient (Wildman–Crippen LogP) is 4.61. The van der Waals surface area contributed by atoms with Gasteiger partial charge in [-0.3, -0.25) is 10.1 Å². The summed E-state index contributed by atoms with van der Waals surface area (Å²) in [6.07, 6.45) is 2.13. The fourth-order valence-electron chi connectivity index (χ4n) is 1.94. The van der Waals surface area contributed by atoms with Gasteiger partial charge in [-0.1, -0.05) is 19.4 Å². The third-order valence-electron chi connectivity index (χ3n) is 2.88. The number of nitro benzene ring substituents is 1. The number of benzene rings is 1. The van der Waals surface area contributed by atoms with Crippen molar-refractivity contribution in [2.24, 2.45) is 0 Å². The van der Waals surface area contributed by atoms with Gasteiger partial charge in [-0.2, -0.15) is 0 Å². The van der Waals surface area contributed by atoms with Crippen LogP contribution >= 0.6 is 11.3 Å². The lowest BCUT2D eigenvalue weighted by Gasteiger charge is -2.18. The summed E-state index contributed by atoms with van der Waals surface area (Å²) in [7, 11) is 0. The molecule has 2 rings (SSSR count). The molecule has 19 heavy (non-hydrogen) atoms. The summed E-state index contributed by atoms with van der Waals surface area (Å²) in [6.45, 7) is 2.15. The van der Waals surface area contributed by atoms with Crippen molar-refractivity contribution in [3.8, 4) is 0 Å². The molecule has 0 fully saturated rings. The van der Waals surface area contributed by atoms with E-state index in [-0.39, 0.29) is 16.7 Å². The van der Waals surface area contributed by atoms with E-state index in [0.717, 1.165) is 18.5 Å². The van der Waals surface area contributed by atoms with Crippen LogP contribution in [0.4, 0.5) is 11.4 Å². The van der Waals surface area contributed by atoms with Crippen LogP contribution in [0, 0.1) is 10.1 Å². The van der Waals surface area contributed by atoms with Gasteiger partial charge in [-0.15, -0.1) is 11.3 Å². The van der Waals surface area contributed by atoms with Crippen molar-refractivity contribution in [3.63, 3.8) is 0 Å². The molecule has 2 aromatic rings. The lowest BCUT2D eigenvalue weighted by atomic mass is 10.1. The first-order chi connectivity index (χ1) is 9.20. The average Bonchev–Trinajstić information content (AvgIpc) is 2.92. The summed E-state index contributed by atoms with van der Waals surface area (Å²) in [6, 6.07) is 11.0. The molecule has 0 spiro atoms. The lowest BCUT2D eigenvalue weighted by molar-refractivity contribution is -0.384. The quantitative estimate of drug-likeness (QED) is 0.619. The molecule has 0 radical (unpaired) electrons. The Morgan fingerprint density at radius 3 is 2.58 bits per heavy atom. The maximum Gasteiger partial charge on any atom is 0.269 e. The van der Waals surface area contributed by atoms with Crippen molar-refractivity contribution in [1.29, 1.82) is 0 Å². The van der Waals surface area contributed by atoms with Crippen LogP contribution in [0.25, 0.3) is 0 Å². The Morgan fingerprint density at radius 2 is 2.05 bits per heavy atom. The first-order valence-corrected chi connectivity index (χ1v) is 7.13. The molecule has 0 amide bonds. The fourth-order valence-corrected chi connectivity index (χ4v) is 2.76. The van der Waals surface area contributed by atoms with Gasteiger partial charge in [0, 0.05) is 22.7 Å². The standard InChI is InChI=1S/C14H16N2O2S/c1-2-4-13(14-5-3-10-19-14)15-11-6-8-12(9-7-11)16(17)18/h3,5-10,13,15H,2,4H2,1H3. The summed E-state index contributed by atoms with van der Waals surface area (Å²) in [5.41, 5.74) is 1.03. The van der Waals surface area contributed by atoms with Gasteiger partial charge in [0.25, 0.3) is 5.69 Å². The van der Waals surface area contributed by atoms with E-state index in [1.54, 1.807) is 23.5 Å². The van der Waals surface area contributed by atoms with Crippen molar-refractivity contribution in [2.45, 2.75) is 25.8 Å². The van der Waals surface area contributed by atoms with Crippen molar-refractivity contribution >= 4 is 22.7 Å². The second-order valence-electron chi connectivity index (χ2n) is 4.31. The summed E-state index contributed by atoms with van der Waals surface area (Å²) in [5, 5.41) is 16.1. The molecule has 1 heterocycles. The first kappa shape index (κ1) is 13.5. The normalized spacial score (nSPS) is 12.1. The van der Waals surface area contributed by atoms with Gasteiger partial charge in [0.15, 0.2) is 0 Å². The van der Waals surface area contributed by atoms with Crippen LogP contribution in [0.5, 0.6) is 0 Å². The average molecular weight is 276 g/mol. The molecule has 4 nitrogen and oxygen atoms in total. The highest BCUT2D eigenvalue weighted by Crippen LogP contribution is 2.28. The zero-order valence-corrected chi connectivity index (χ0v) is 11.5. The zero-order valence-electron chi connectivity index (χ0n) is 10.7. The molecule has 0 aliphatic heterocycles. The molecule has 100 valence electrons. The van der Waals surface area contributed by atoms with E-state index in [9.17, 15) is 10.1 Å².